The molecule has 0 spiro atoms. The summed E-state index contributed by atoms with van der Waals surface area (Å²) in [5.74, 6) is 5.50. The molecule has 0 amide bonds. The Balaban J connectivity index is 1.85. The Morgan fingerprint density at radius 1 is 0.766 bits per heavy atom. The Hall–Kier alpha value is -4.02. The average molecular weight is 1090 g/mol. The zero-order valence-electron chi connectivity index (χ0n) is 49.2. The van der Waals surface area contributed by atoms with Crippen molar-refractivity contribution in [3.63, 3.8) is 0 Å². The summed E-state index contributed by atoms with van der Waals surface area (Å²) >= 11 is 0. The fourth-order valence-electron chi connectivity index (χ4n) is 9.76. The Morgan fingerprint density at radius 3 is 1.86 bits per heavy atom. The number of ether oxygens (including phenoxy) is 7. The van der Waals surface area contributed by atoms with Gasteiger partial charge < -0.3 is 53.8 Å². The summed E-state index contributed by atoms with van der Waals surface area (Å²) in [6.07, 6.45) is 27.8. The molecule has 20 nitrogen and oxygen atoms in total. The lowest BCUT2D eigenvalue weighted by atomic mass is 10.0. The number of methoxy groups -OCH3 is 1. The van der Waals surface area contributed by atoms with Gasteiger partial charge in [-0.3, -0.25) is 29.8 Å². The summed E-state index contributed by atoms with van der Waals surface area (Å²) in [4.78, 5) is 57.9. The molecule has 3 heterocycles. The molecule has 3 rings (SSSR count). The zero-order chi connectivity index (χ0) is 56.2. The lowest BCUT2D eigenvalue weighted by Crippen LogP contribution is -2.45. The Morgan fingerprint density at radius 2 is 1.31 bits per heavy atom. The Labute approximate surface area is 462 Å². The van der Waals surface area contributed by atoms with Gasteiger partial charge in [0.1, 0.15) is 50.3 Å². The summed E-state index contributed by atoms with van der Waals surface area (Å²) < 4.78 is 45.4. The summed E-state index contributed by atoms with van der Waals surface area (Å²) in [5.41, 5.74) is 5.92. The number of rotatable bonds is 46. The van der Waals surface area contributed by atoms with Crippen molar-refractivity contribution >= 4 is 11.9 Å². The number of aromatic nitrogens is 2. The van der Waals surface area contributed by atoms with E-state index in [0.717, 1.165) is 101 Å². The van der Waals surface area contributed by atoms with Crippen LogP contribution >= 0.6 is 0 Å². The molecule has 20 heteroatoms. The van der Waals surface area contributed by atoms with Crippen LogP contribution in [0.25, 0.3) is 0 Å². The number of unbranched alkanes of at least 4 members (excludes halogenated alkanes) is 16. The molecule has 1 fully saturated rings. The molecular formula is C57H105N9O11. The van der Waals surface area contributed by atoms with Crippen molar-refractivity contribution in [2.45, 2.75) is 225 Å². The van der Waals surface area contributed by atoms with Crippen LogP contribution in [0.5, 0.6) is 0 Å². The predicted octanol–water partition coefficient (Wildman–Crippen LogP) is 7.87. The maximum absolute atomic E-state index is 14.2. The first-order valence-corrected chi connectivity index (χ1v) is 29.4. The van der Waals surface area contributed by atoms with E-state index in [-0.39, 0.29) is 70.4 Å². The topological polar surface area (TPSA) is 206 Å². The van der Waals surface area contributed by atoms with Crippen molar-refractivity contribution in [2.75, 3.05) is 81.4 Å². The first kappa shape index (κ1) is 67.3. The number of nitrogens with zero attached hydrogens (tertiary/aromatic N) is 6. The van der Waals surface area contributed by atoms with Crippen LogP contribution in [-0.4, -0.2) is 153 Å². The SMILES string of the molecule is CCCCCCCCC(CCCCCC)OC(=O)CN(C)/C=C(/CO[C@@H]1[C@H](OCC2=CN(CC(=O)OC(CCCCCC)CCCCCCCC)N(C)N2)[C@@H](CN(C)C)O[C@H]1n1ccc(=O)n(COCCOC)c1=O)NN. The van der Waals surface area contributed by atoms with Gasteiger partial charge in [0.2, 0.25) is 0 Å². The molecule has 77 heavy (non-hydrogen) atoms. The van der Waals surface area contributed by atoms with Gasteiger partial charge in [0.15, 0.2) is 6.23 Å². The number of nitrogens with one attached hydrogen (secondary N) is 2. The van der Waals surface area contributed by atoms with Gasteiger partial charge in [-0.1, -0.05) is 130 Å². The van der Waals surface area contributed by atoms with Crippen LogP contribution in [0.15, 0.2) is 45.6 Å². The molecule has 4 N–H and O–H groups in total. The number of carbonyl (C=O) groups excluding carboxylic acids is 2. The molecule has 0 saturated carbocycles. The van der Waals surface area contributed by atoms with Crippen molar-refractivity contribution in [3.05, 3.63) is 56.9 Å². The normalized spacial score (nSPS) is 18.7. The minimum atomic E-state index is -1.07. The van der Waals surface area contributed by atoms with Crippen molar-refractivity contribution in [1.29, 1.82) is 0 Å². The number of esters is 2. The molecule has 0 radical (unpaired) electrons. The molecule has 444 valence electrons. The third-order valence-electron chi connectivity index (χ3n) is 14.1. The molecule has 0 bridgehead atoms. The van der Waals surface area contributed by atoms with Gasteiger partial charge in [0, 0.05) is 52.4 Å². The van der Waals surface area contributed by atoms with Gasteiger partial charge >= 0.3 is 17.6 Å². The minimum absolute atomic E-state index is 0.00748. The van der Waals surface area contributed by atoms with Crippen LogP contribution in [0.1, 0.15) is 188 Å². The second-order valence-electron chi connectivity index (χ2n) is 21.3. The molecule has 0 aliphatic carbocycles. The maximum Gasteiger partial charge on any atom is 0.335 e. The number of hydrogen-bond acceptors (Lipinski definition) is 18. The smallest absolute Gasteiger partial charge is 0.335 e. The second kappa shape index (κ2) is 40.2. The summed E-state index contributed by atoms with van der Waals surface area (Å²) in [5, 5.41) is 3.48. The first-order valence-electron chi connectivity index (χ1n) is 29.4. The molecule has 6 atom stereocenters. The van der Waals surface area contributed by atoms with Crippen LogP contribution in [0, 0.1) is 0 Å². The fourth-order valence-corrected chi connectivity index (χ4v) is 9.76. The molecule has 0 aromatic carbocycles. The lowest BCUT2D eigenvalue weighted by Gasteiger charge is -2.27. The van der Waals surface area contributed by atoms with Gasteiger partial charge in [0.05, 0.1) is 37.8 Å². The number of hydrazine groups is 3. The van der Waals surface area contributed by atoms with Gasteiger partial charge in [-0.25, -0.2) is 9.36 Å². The van der Waals surface area contributed by atoms with E-state index in [1.807, 2.05) is 32.2 Å². The van der Waals surface area contributed by atoms with Gasteiger partial charge in [0.25, 0.3) is 5.56 Å². The first-order chi connectivity index (χ1) is 37.3. The average Bonchev–Trinajstić information content (AvgIpc) is 3.92. The van der Waals surface area contributed by atoms with E-state index in [1.54, 1.807) is 28.3 Å². The molecule has 2 aliphatic rings. The predicted molar refractivity (Wildman–Crippen MR) is 302 cm³/mol. The third-order valence-corrected chi connectivity index (χ3v) is 14.1. The van der Waals surface area contributed by atoms with Crippen LogP contribution in [0.2, 0.25) is 0 Å². The highest BCUT2D eigenvalue weighted by molar-refractivity contribution is 5.72. The van der Waals surface area contributed by atoms with E-state index in [4.69, 9.17) is 39.0 Å². The maximum atomic E-state index is 14.2. The Bertz CT molecular complexity index is 1930. The minimum Gasteiger partial charge on any atom is -0.461 e. The molecule has 1 saturated heterocycles. The van der Waals surface area contributed by atoms with E-state index in [2.05, 4.69) is 38.5 Å². The number of carbonyl (C=O) groups is 2. The fraction of sp³-hybridized carbons (Fsp3) is 0.825. The van der Waals surface area contributed by atoms with Crippen LogP contribution in [-0.2, 0) is 49.5 Å². The van der Waals surface area contributed by atoms with E-state index in [1.165, 1.54) is 81.7 Å². The largest absolute Gasteiger partial charge is 0.461 e. The Kier molecular flexibility index (Phi) is 35.1. The molecule has 2 aliphatic heterocycles. The summed E-state index contributed by atoms with van der Waals surface area (Å²) in [7, 11) is 8.95. The monoisotopic (exact) mass is 1090 g/mol. The molecule has 2 unspecified atom stereocenters. The van der Waals surface area contributed by atoms with Crippen LogP contribution < -0.4 is 27.9 Å². The van der Waals surface area contributed by atoms with Crippen LogP contribution in [0.4, 0.5) is 0 Å². The second-order valence-corrected chi connectivity index (χ2v) is 21.3. The van der Waals surface area contributed by atoms with E-state index in [9.17, 15) is 19.2 Å². The zero-order valence-corrected chi connectivity index (χ0v) is 49.2. The quantitative estimate of drug-likeness (QED) is 0.0246. The molecule has 1 aromatic heterocycles. The number of likely N-dealkylation sites (N-methyl/N-ethyl adjacent to an activating group) is 2. The highest BCUT2D eigenvalue weighted by atomic mass is 16.6. The summed E-state index contributed by atoms with van der Waals surface area (Å²) in [6.45, 7) is 9.34. The lowest BCUT2D eigenvalue weighted by molar-refractivity contribution is -0.154. The molecular weight excluding hydrogens is 987 g/mol. The van der Waals surface area contributed by atoms with Gasteiger partial charge in [-0.2, -0.15) is 0 Å². The third kappa shape index (κ3) is 26.7. The van der Waals surface area contributed by atoms with Crippen molar-refractivity contribution in [3.8, 4) is 0 Å². The van der Waals surface area contributed by atoms with Crippen molar-refractivity contribution < 1.29 is 42.7 Å². The molecule has 1 aromatic rings. The van der Waals surface area contributed by atoms with Crippen molar-refractivity contribution in [2.24, 2.45) is 5.84 Å². The highest BCUT2D eigenvalue weighted by Crippen LogP contribution is 2.34. The highest BCUT2D eigenvalue weighted by Gasteiger charge is 2.48. The standard InChI is InChI=1S/C57H105N9O11/c1-10-14-18-22-24-28-32-48(30-26-20-16-12-3)75-52(68)41-62(7)38-46(59-58)43-74-55-54(50(40-61(5)6)77-56(55)65-35-34-51(67)66(57(65)70)45-72-37-36-71-9)73-44-47-39-64(63(8)60-47)42-53(69)76-49(31-27-21-17-13-4)33-29-25-23-19-15-11-2/h34-35,38-39,48-50,54-56,59-60H,10-33,36-37,40-45,58H2,1-9H3/b46-38-/t48?,49?,50-,54-,55-,56-/m1/s1. The van der Waals surface area contributed by atoms with E-state index >= 15 is 0 Å². The summed E-state index contributed by atoms with van der Waals surface area (Å²) in [6, 6.07) is 1.28. The van der Waals surface area contributed by atoms with Crippen LogP contribution in [0.3, 0.4) is 0 Å². The number of nitrogens with two attached hydrogens (primary N) is 1. The number of hydrogen-bond donors (Lipinski definition) is 3. The van der Waals surface area contributed by atoms with Crippen molar-refractivity contribution in [1.82, 2.24) is 39.9 Å². The van der Waals surface area contributed by atoms with E-state index < -0.39 is 35.8 Å². The van der Waals surface area contributed by atoms with Gasteiger partial charge in [-0.05, 0) is 65.5 Å². The van der Waals surface area contributed by atoms with Gasteiger partial charge in [-0.15, -0.1) is 5.12 Å². The van der Waals surface area contributed by atoms with E-state index in [0.29, 0.717) is 17.9 Å².